The van der Waals surface area contributed by atoms with E-state index in [0.717, 1.165) is 36.9 Å². The number of hydrogen-bond acceptors (Lipinski definition) is 6. The first kappa shape index (κ1) is 20.4. The summed E-state index contributed by atoms with van der Waals surface area (Å²) in [5, 5.41) is 12.9. The monoisotopic (exact) mass is 430 g/mol. The maximum atomic E-state index is 13.1. The standard InChI is InChI=1S/C24H26N6O2/c1-29(2)21(31)23(8-9-23)17-5-6-19(27-14-17)28-20-13-18(7-11-26-20)30-12-10-24(15-25,22(30)32)16-3-4-16/h5-7,11,13-14,16H,3-4,8-10,12H2,1-2H3,(H,26,27,28)/t24-/m1/s1. The number of nitriles is 1. The largest absolute Gasteiger partial charge is 0.348 e. The number of nitrogens with one attached hydrogen (secondary N) is 1. The van der Waals surface area contributed by atoms with E-state index >= 15 is 0 Å². The molecule has 8 nitrogen and oxygen atoms in total. The summed E-state index contributed by atoms with van der Waals surface area (Å²) < 4.78 is 0. The van der Waals surface area contributed by atoms with Crippen LogP contribution < -0.4 is 10.2 Å². The number of amides is 2. The predicted octanol–water partition coefficient (Wildman–Crippen LogP) is 3.00. The highest BCUT2D eigenvalue weighted by Crippen LogP contribution is 2.52. The molecule has 0 unspecified atom stereocenters. The van der Waals surface area contributed by atoms with Crippen LogP contribution in [-0.2, 0) is 15.0 Å². The van der Waals surface area contributed by atoms with Gasteiger partial charge in [-0.2, -0.15) is 5.26 Å². The summed E-state index contributed by atoms with van der Waals surface area (Å²) in [6, 6.07) is 9.72. The number of pyridine rings is 2. The third-order valence-corrected chi connectivity index (χ3v) is 7.02. The third-order valence-electron chi connectivity index (χ3n) is 7.02. The van der Waals surface area contributed by atoms with Crippen LogP contribution in [0.4, 0.5) is 17.3 Å². The molecule has 164 valence electrons. The molecule has 0 aromatic carbocycles. The molecule has 5 rings (SSSR count). The number of anilines is 3. The van der Waals surface area contributed by atoms with Gasteiger partial charge in [0.1, 0.15) is 17.1 Å². The first-order valence-corrected chi connectivity index (χ1v) is 11.0. The van der Waals surface area contributed by atoms with Crippen molar-refractivity contribution in [1.29, 1.82) is 5.26 Å². The van der Waals surface area contributed by atoms with Crippen molar-refractivity contribution < 1.29 is 9.59 Å². The molecular formula is C24H26N6O2. The average Bonchev–Trinajstić information content (AvgIpc) is 3.72. The molecule has 0 bridgehead atoms. The summed E-state index contributed by atoms with van der Waals surface area (Å²) in [7, 11) is 3.56. The Hall–Kier alpha value is -3.47. The Morgan fingerprint density at radius 1 is 1.19 bits per heavy atom. The summed E-state index contributed by atoms with van der Waals surface area (Å²) in [6.07, 6.45) is 7.58. The number of likely N-dealkylation sites (N-methyl/N-ethyl adjacent to an activating group) is 1. The van der Waals surface area contributed by atoms with Gasteiger partial charge in [-0.05, 0) is 55.7 Å². The molecule has 2 aromatic heterocycles. The maximum Gasteiger partial charge on any atom is 0.247 e. The van der Waals surface area contributed by atoms with Crippen LogP contribution in [0.25, 0.3) is 0 Å². The van der Waals surface area contributed by atoms with Crippen LogP contribution in [0, 0.1) is 22.7 Å². The van der Waals surface area contributed by atoms with E-state index < -0.39 is 10.8 Å². The molecule has 1 N–H and O–H groups in total. The van der Waals surface area contributed by atoms with Crippen LogP contribution in [0.2, 0.25) is 0 Å². The summed E-state index contributed by atoms with van der Waals surface area (Å²) in [5.74, 6) is 1.40. The Morgan fingerprint density at radius 3 is 2.56 bits per heavy atom. The molecule has 1 atom stereocenters. The first-order chi connectivity index (χ1) is 15.4. The molecule has 3 fully saturated rings. The van der Waals surface area contributed by atoms with Crippen LogP contribution in [0.1, 0.15) is 37.7 Å². The van der Waals surface area contributed by atoms with E-state index in [9.17, 15) is 14.9 Å². The van der Waals surface area contributed by atoms with Gasteiger partial charge in [0, 0.05) is 44.8 Å². The van der Waals surface area contributed by atoms with Crippen LogP contribution in [0.15, 0.2) is 36.7 Å². The van der Waals surface area contributed by atoms with Crippen LogP contribution in [0.5, 0.6) is 0 Å². The Kier molecular flexibility index (Phi) is 4.66. The minimum absolute atomic E-state index is 0.0950. The van der Waals surface area contributed by atoms with Gasteiger partial charge in [-0.3, -0.25) is 9.59 Å². The molecule has 0 spiro atoms. The zero-order valence-corrected chi connectivity index (χ0v) is 18.3. The molecular weight excluding hydrogens is 404 g/mol. The molecule has 32 heavy (non-hydrogen) atoms. The molecule has 3 heterocycles. The second kappa shape index (κ2) is 7.30. The first-order valence-electron chi connectivity index (χ1n) is 11.0. The lowest BCUT2D eigenvalue weighted by Crippen LogP contribution is -2.35. The molecule has 1 saturated heterocycles. The SMILES string of the molecule is CN(C)C(=O)C1(c2ccc(Nc3cc(N4CC[C@@](C#N)(C5CC5)C4=O)ccn3)nc2)CC1. The topological polar surface area (TPSA) is 102 Å². The fourth-order valence-electron chi connectivity index (χ4n) is 4.85. The lowest BCUT2D eigenvalue weighted by atomic mass is 9.83. The van der Waals surface area contributed by atoms with Crippen molar-refractivity contribution in [3.05, 3.63) is 42.2 Å². The van der Waals surface area contributed by atoms with Gasteiger partial charge in [0.25, 0.3) is 0 Å². The van der Waals surface area contributed by atoms with Gasteiger partial charge in [0.05, 0.1) is 11.5 Å². The van der Waals surface area contributed by atoms with Crippen molar-refractivity contribution in [2.24, 2.45) is 11.3 Å². The summed E-state index contributed by atoms with van der Waals surface area (Å²) >= 11 is 0. The van der Waals surface area contributed by atoms with Crippen LogP contribution >= 0.6 is 0 Å². The Morgan fingerprint density at radius 2 is 1.97 bits per heavy atom. The van der Waals surface area contributed by atoms with Gasteiger partial charge < -0.3 is 15.1 Å². The van der Waals surface area contributed by atoms with E-state index in [-0.39, 0.29) is 17.7 Å². The highest BCUT2D eigenvalue weighted by atomic mass is 16.2. The van der Waals surface area contributed by atoms with E-state index in [4.69, 9.17) is 0 Å². The fraction of sp³-hybridized carbons (Fsp3) is 0.458. The Balaban J connectivity index is 1.32. The van der Waals surface area contributed by atoms with E-state index in [1.54, 1.807) is 42.4 Å². The van der Waals surface area contributed by atoms with Gasteiger partial charge in [-0.15, -0.1) is 0 Å². The van der Waals surface area contributed by atoms with Gasteiger partial charge in [-0.1, -0.05) is 6.07 Å². The van der Waals surface area contributed by atoms with E-state index in [2.05, 4.69) is 21.4 Å². The van der Waals surface area contributed by atoms with E-state index in [0.29, 0.717) is 24.6 Å². The number of nitrogens with zero attached hydrogens (tertiary/aromatic N) is 5. The molecule has 0 radical (unpaired) electrons. The van der Waals surface area contributed by atoms with Gasteiger partial charge in [0.2, 0.25) is 11.8 Å². The van der Waals surface area contributed by atoms with Gasteiger partial charge >= 0.3 is 0 Å². The number of carbonyl (C=O) groups is 2. The lowest BCUT2D eigenvalue weighted by molar-refractivity contribution is -0.131. The van der Waals surface area contributed by atoms with Crippen molar-refractivity contribution in [3.8, 4) is 6.07 Å². The summed E-state index contributed by atoms with van der Waals surface area (Å²) in [6.45, 7) is 0.543. The normalized spacial score (nSPS) is 23.5. The molecule has 2 saturated carbocycles. The Bertz CT molecular complexity index is 1110. The van der Waals surface area contributed by atoms with Gasteiger partial charge in [0.15, 0.2) is 0 Å². The van der Waals surface area contributed by atoms with Crippen LogP contribution in [-0.4, -0.2) is 47.3 Å². The fourth-order valence-corrected chi connectivity index (χ4v) is 4.85. The Labute approximate surface area is 187 Å². The number of rotatable bonds is 6. The van der Waals surface area contributed by atoms with E-state index in [1.165, 1.54) is 0 Å². The van der Waals surface area contributed by atoms with Crippen molar-refractivity contribution in [2.75, 3.05) is 30.9 Å². The van der Waals surface area contributed by atoms with E-state index in [1.807, 2.05) is 18.2 Å². The molecule has 3 aliphatic rings. The molecule has 2 aliphatic carbocycles. The maximum absolute atomic E-state index is 13.1. The quantitative estimate of drug-likeness (QED) is 0.756. The molecule has 1 aliphatic heterocycles. The highest BCUT2D eigenvalue weighted by molar-refractivity contribution is 6.02. The van der Waals surface area contributed by atoms with Crippen LogP contribution in [0.3, 0.4) is 0 Å². The summed E-state index contributed by atoms with van der Waals surface area (Å²) in [5.41, 5.74) is 0.365. The molecule has 2 amide bonds. The average molecular weight is 431 g/mol. The predicted molar refractivity (Wildman–Crippen MR) is 119 cm³/mol. The second-order valence-electron chi connectivity index (χ2n) is 9.30. The number of aromatic nitrogens is 2. The minimum Gasteiger partial charge on any atom is -0.348 e. The third kappa shape index (κ3) is 3.20. The number of hydrogen-bond donors (Lipinski definition) is 1. The lowest BCUT2D eigenvalue weighted by Gasteiger charge is -2.21. The van der Waals surface area contributed by atoms with Crippen molar-refractivity contribution >= 4 is 29.1 Å². The smallest absolute Gasteiger partial charge is 0.247 e. The molecule has 8 heteroatoms. The van der Waals surface area contributed by atoms with Crippen molar-refractivity contribution in [1.82, 2.24) is 14.9 Å². The zero-order chi connectivity index (χ0) is 22.5. The zero-order valence-electron chi connectivity index (χ0n) is 18.3. The van der Waals surface area contributed by atoms with Crippen molar-refractivity contribution in [2.45, 2.75) is 37.5 Å². The molecule has 2 aromatic rings. The number of carbonyl (C=O) groups excluding carboxylic acids is 2. The summed E-state index contributed by atoms with van der Waals surface area (Å²) in [4.78, 5) is 37.8. The second-order valence-corrected chi connectivity index (χ2v) is 9.30. The van der Waals surface area contributed by atoms with Gasteiger partial charge in [-0.25, -0.2) is 9.97 Å². The minimum atomic E-state index is -0.864. The van der Waals surface area contributed by atoms with Crippen molar-refractivity contribution in [3.63, 3.8) is 0 Å². The highest BCUT2D eigenvalue weighted by Gasteiger charge is 2.56.